The molecule has 1 atom stereocenters. The van der Waals surface area contributed by atoms with Crippen molar-refractivity contribution in [3.05, 3.63) is 16.1 Å². The van der Waals surface area contributed by atoms with Crippen molar-refractivity contribution in [2.75, 3.05) is 6.54 Å². The number of amides is 1. The summed E-state index contributed by atoms with van der Waals surface area (Å²) in [5.74, 6) is -2.24. The lowest BCUT2D eigenvalue weighted by atomic mass is 9.82. The highest BCUT2D eigenvalue weighted by Crippen LogP contribution is 2.42. The maximum atomic E-state index is 13.3. The summed E-state index contributed by atoms with van der Waals surface area (Å²) in [6.07, 6.45) is -5.98. The molecule has 10 heteroatoms. The van der Waals surface area contributed by atoms with Crippen molar-refractivity contribution in [2.24, 2.45) is 5.41 Å². The molecule has 1 rings (SSSR count). The molecule has 0 spiro atoms. The highest BCUT2D eigenvalue weighted by molar-refractivity contribution is 7.09. The lowest BCUT2D eigenvalue weighted by Crippen LogP contribution is -2.48. The van der Waals surface area contributed by atoms with Crippen LogP contribution in [0.2, 0.25) is 0 Å². The first-order chi connectivity index (χ1) is 11.4. The van der Waals surface area contributed by atoms with E-state index in [9.17, 15) is 33.0 Å². The highest BCUT2D eigenvalue weighted by atomic mass is 32.1. The molecule has 0 saturated carbocycles. The number of nitrogens with one attached hydrogen (secondary N) is 1. The Labute approximate surface area is 147 Å². The van der Waals surface area contributed by atoms with Crippen molar-refractivity contribution in [1.29, 1.82) is 0 Å². The average molecular weight is 382 g/mol. The van der Waals surface area contributed by atoms with Crippen molar-refractivity contribution in [3.63, 3.8) is 0 Å². The molecule has 3 N–H and O–H groups in total. The fraction of sp³-hybridized carbons (Fsp3) is 0.667. The van der Waals surface area contributed by atoms with Crippen LogP contribution in [0.3, 0.4) is 0 Å². The normalized spacial score (nSPS) is 14.8. The molecule has 1 aromatic heterocycles. The Kier molecular flexibility index (Phi) is 6.57. The van der Waals surface area contributed by atoms with Crippen LogP contribution >= 0.6 is 11.3 Å². The van der Waals surface area contributed by atoms with Crippen LogP contribution in [0, 0.1) is 12.3 Å². The van der Waals surface area contributed by atoms with Crippen molar-refractivity contribution >= 4 is 23.2 Å². The van der Waals surface area contributed by atoms with Gasteiger partial charge in [0.1, 0.15) is 5.01 Å². The van der Waals surface area contributed by atoms with E-state index in [-0.39, 0.29) is 19.4 Å². The molecule has 25 heavy (non-hydrogen) atoms. The Morgan fingerprint density at radius 1 is 1.28 bits per heavy atom. The van der Waals surface area contributed by atoms with Crippen LogP contribution in [0.4, 0.5) is 13.2 Å². The zero-order valence-corrected chi connectivity index (χ0v) is 14.9. The second-order valence-corrected chi connectivity index (χ2v) is 6.76. The number of halogens is 3. The third kappa shape index (κ3) is 4.49. The Morgan fingerprint density at radius 3 is 2.20 bits per heavy atom. The minimum Gasteiger partial charge on any atom is -0.481 e. The molecule has 0 aromatic carbocycles. The number of aliphatic carboxylic acids is 1. The number of carbonyl (C=O) groups is 2. The van der Waals surface area contributed by atoms with E-state index in [0.29, 0.717) is 17.0 Å². The van der Waals surface area contributed by atoms with E-state index >= 15 is 0 Å². The summed E-state index contributed by atoms with van der Waals surface area (Å²) < 4.78 is 40.0. The van der Waals surface area contributed by atoms with Gasteiger partial charge in [-0.1, -0.05) is 13.8 Å². The fourth-order valence-corrected chi connectivity index (χ4v) is 3.20. The van der Waals surface area contributed by atoms with Gasteiger partial charge < -0.3 is 15.5 Å². The van der Waals surface area contributed by atoms with Gasteiger partial charge in [-0.2, -0.15) is 13.2 Å². The largest absolute Gasteiger partial charge is 0.481 e. The van der Waals surface area contributed by atoms with E-state index in [1.54, 1.807) is 13.8 Å². The van der Waals surface area contributed by atoms with Crippen molar-refractivity contribution in [1.82, 2.24) is 10.3 Å². The summed E-state index contributed by atoms with van der Waals surface area (Å²) in [5, 5.41) is 22.3. The van der Waals surface area contributed by atoms with Crippen LogP contribution in [-0.2, 0) is 15.2 Å². The number of hydrogen-bond donors (Lipinski definition) is 3. The number of nitrogens with zero attached hydrogens (tertiary/aromatic N) is 1. The van der Waals surface area contributed by atoms with Gasteiger partial charge in [0, 0.05) is 17.6 Å². The van der Waals surface area contributed by atoms with Crippen LogP contribution in [-0.4, -0.2) is 39.8 Å². The third-order valence-corrected chi connectivity index (χ3v) is 5.40. The van der Waals surface area contributed by atoms with Crippen molar-refractivity contribution in [2.45, 2.75) is 51.8 Å². The number of rotatable bonds is 8. The van der Waals surface area contributed by atoms with Crippen LogP contribution in [0.5, 0.6) is 0 Å². The Morgan fingerprint density at radius 2 is 1.84 bits per heavy atom. The van der Waals surface area contributed by atoms with Crippen LogP contribution in [0.25, 0.3) is 0 Å². The smallest absolute Gasteiger partial charge is 0.424 e. The van der Waals surface area contributed by atoms with Crippen molar-refractivity contribution in [3.8, 4) is 0 Å². The number of aliphatic hydroxyl groups is 1. The molecule has 0 fully saturated rings. The molecule has 0 aliphatic carbocycles. The number of carboxylic acids is 1. The minimum atomic E-state index is -5.10. The summed E-state index contributed by atoms with van der Waals surface area (Å²) in [4.78, 5) is 27.0. The highest BCUT2D eigenvalue weighted by Gasteiger charge is 2.58. The lowest BCUT2D eigenvalue weighted by molar-refractivity contribution is -0.267. The zero-order valence-electron chi connectivity index (χ0n) is 14.1. The van der Waals surface area contributed by atoms with Crippen LogP contribution in [0.1, 0.15) is 43.8 Å². The first kappa shape index (κ1) is 21.4. The van der Waals surface area contributed by atoms with E-state index < -0.39 is 40.5 Å². The van der Waals surface area contributed by atoms with E-state index in [1.165, 1.54) is 12.3 Å². The summed E-state index contributed by atoms with van der Waals surface area (Å²) in [6.45, 7) is 4.39. The molecule has 1 aromatic rings. The van der Waals surface area contributed by atoms with Gasteiger partial charge >= 0.3 is 12.1 Å². The minimum absolute atomic E-state index is 0.203. The number of carboxylic acid groups (broad SMARTS) is 1. The number of thiazole rings is 1. The van der Waals surface area contributed by atoms with Crippen LogP contribution in [0.15, 0.2) is 5.38 Å². The number of aryl methyl sites for hydroxylation is 1. The molecular formula is C15H21F3N2O4S. The van der Waals surface area contributed by atoms with Gasteiger partial charge in [-0.15, -0.1) is 11.3 Å². The quantitative estimate of drug-likeness (QED) is 0.642. The Balaban J connectivity index is 2.96. The van der Waals surface area contributed by atoms with Gasteiger partial charge in [-0.3, -0.25) is 9.59 Å². The fourth-order valence-electron chi connectivity index (χ4n) is 2.28. The predicted molar refractivity (Wildman–Crippen MR) is 85.1 cm³/mol. The van der Waals surface area contributed by atoms with E-state index in [2.05, 4.69) is 10.3 Å². The van der Waals surface area contributed by atoms with Gasteiger partial charge in [-0.25, -0.2) is 4.98 Å². The summed E-state index contributed by atoms with van der Waals surface area (Å²) >= 11 is 0.608. The molecule has 142 valence electrons. The average Bonchev–Trinajstić information content (AvgIpc) is 2.94. The van der Waals surface area contributed by atoms with Gasteiger partial charge in [0.25, 0.3) is 0 Å². The van der Waals surface area contributed by atoms with Gasteiger partial charge in [0.05, 0.1) is 11.8 Å². The SMILES string of the molecule is CCC(CC)(CNC(=O)CC(O)(c1nc(C)cs1)C(F)(F)F)C(=O)O. The molecule has 0 aliphatic rings. The number of alkyl halides is 3. The lowest BCUT2D eigenvalue weighted by Gasteiger charge is -2.30. The van der Waals surface area contributed by atoms with E-state index in [1.807, 2.05) is 0 Å². The maximum absolute atomic E-state index is 13.3. The standard InChI is InChI=1S/C15H21F3N2O4S/c1-4-13(5-2,12(22)23)8-19-10(21)6-14(24,15(16,17)18)11-20-9(3)7-25-11/h7,24H,4-6,8H2,1-3H3,(H,19,21)(H,22,23). The third-order valence-electron chi connectivity index (χ3n) is 4.29. The monoisotopic (exact) mass is 382 g/mol. The molecule has 0 saturated heterocycles. The van der Waals surface area contributed by atoms with E-state index in [4.69, 9.17) is 0 Å². The number of hydrogen-bond acceptors (Lipinski definition) is 5. The van der Waals surface area contributed by atoms with Gasteiger partial charge in [0.2, 0.25) is 11.5 Å². The van der Waals surface area contributed by atoms with E-state index in [0.717, 1.165) is 0 Å². The predicted octanol–water partition coefficient (Wildman–Crippen LogP) is 2.60. The summed E-state index contributed by atoms with van der Waals surface area (Å²) in [5.41, 5.74) is -4.38. The van der Waals surface area contributed by atoms with Crippen molar-refractivity contribution < 1.29 is 33.0 Å². The number of carbonyl (C=O) groups excluding carboxylic acids is 1. The molecule has 1 unspecified atom stereocenters. The van der Waals surface area contributed by atoms with Gasteiger partial charge in [-0.05, 0) is 19.8 Å². The molecule has 1 heterocycles. The zero-order chi connectivity index (χ0) is 19.5. The molecule has 0 aliphatic heterocycles. The molecular weight excluding hydrogens is 361 g/mol. The first-order valence-electron chi connectivity index (χ1n) is 7.63. The molecule has 0 bridgehead atoms. The Bertz CT molecular complexity index is 629. The van der Waals surface area contributed by atoms with Gasteiger partial charge in [0.15, 0.2) is 0 Å². The summed E-state index contributed by atoms with van der Waals surface area (Å²) in [6, 6.07) is 0. The number of aromatic nitrogens is 1. The molecule has 6 nitrogen and oxygen atoms in total. The molecule has 1 amide bonds. The topological polar surface area (TPSA) is 99.5 Å². The summed E-state index contributed by atoms with van der Waals surface area (Å²) in [7, 11) is 0. The van der Waals surface area contributed by atoms with Crippen LogP contribution < -0.4 is 5.32 Å². The Hall–Kier alpha value is -1.68. The maximum Gasteiger partial charge on any atom is 0.424 e. The second-order valence-electron chi connectivity index (χ2n) is 5.90. The first-order valence-corrected chi connectivity index (χ1v) is 8.51. The second kappa shape index (κ2) is 7.69. The molecule has 0 radical (unpaired) electrons.